The molecule has 98 valence electrons. The minimum Gasteiger partial charge on any atom is -0.380 e. The number of unbranched alkanes of at least 4 members (excludes halogenated alkanes) is 1. The second-order valence-corrected chi connectivity index (χ2v) is 4.94. The Morgan fingerprint density at radius 1 is 1.28 bits per heavy atom. The van der Waals surface area contributed by atoms with Crippen molar-refractivity contribution < 1.29 is 4.74 Å². The van der Waals surface area contributed by atoms with Crippen LogP contribution >= 0.6 is 15.9 Å². The smallest absolute Gasteiger partial charge is 0.105 e. The summed E-state index contributed by atoms with van der Waals surface area (Å²) < 4.78 is 6.58. The summed E-state index contributed by atoms with van der Waals surface area (Å²) in [7, 11) is 0. The van der Waals surface area contributed by atoms with Gasteiger partial charge in [-0.05, 0) is 30.7 Å². The van der Waals surface area contributed by atoms with Crippen molar-refractivity contribution in [1.82, 2.24) is 0 Å². The fourth-order valence-electron chi connectivity index (χ4n) is 1.56. The van der Waals surface area contributed by atoms with E-state index in [1.807, 2.05) is 29.2 Å². The second-order valence-electron chi connectivity index (χ2n) is 4.02. The number of nitrogens with zero attached hydrogens (tertiary/aromatic N) is 2. The van der Waals surface area contributed by atoms with Crippen LogP contribution in [-0.2, 0) is 4.74 Å². The van der Waals surface area contributed by atoms with Crippen LogP contribution in [0.2, 0.25) is 0 Å². The van der Waals surface area contributed by atoms with Crippen LogP contribution in [0.1, 0.15) is 19.8 Å². The van der Waals surface area contributed by atoms with Crippen LogP contribution in [0.5, 0.6) is 0 Å². The summed E-state index contributed by atoms with van der Waals surface area (Å²) in [5.74, 6) is 0. The Kier molecular flexibility index (Phi) is 7.47. The number of rotatable bonds is 8. The van der Waals surface area contributed by atoms with E-state index in [0.29, 0.717) is 13.2 Å². The van der Waals surface area contributed by atoms with Crippen molar-refractivity contribution in [2.45, 2.75) is 19.8 Å². The van der Waals surface area contributed by atoms with E-state index < -0.39 is 0 Å². The average molecular weight is 311 g/mol. The molecule has 0 amide bonds. The molecule has 0 bridgehead atoms. The van der Waals surface area contributed by atoms with Gasteiger partial charge in [-0.2, -0.15) is 5.26 Å². The lowest BCUT2D eigenvalue weighted by molar-refractivity contribution is 0.137. The Morgan fingerprint density at radius 3 is 2.61 bits per heavy atom. The van der Waals surface area contributed by atoms with E-state index in [9.17, 15) is 0 Å². The number of benzene rings is 1. The summed E-state index contributed by atoms with van der Waals surface area (Å²) in [4.78, 5) is 2.03. The first-order valence-corrected chi connectivity index (χ1v) is 7.02. The molecule has 0 radical (unpaired) electrons. The molecule has 0 aromatic heterocycles. The first kappa shape index (κ1) is 15.0. The summed E-state index contributed by atoms with van der Waals surface area (Å²) in [5.41, 5.74) is 1.05. The van der Waals surface area contributed by atoms with Gasteiger partial charge in [-0.25, -0.2) is 0 Å². The van der Waals surface area contributed by atoms with Crippen LogP contribution in [0.4, 0.5) is 5.69 Å². The zero-order valence-electron chi connectivity index (χ0n) is 10.7. The molecule has 0 aliphatic rings. The fourth-order valence-corrected chi connectivity index (χ4v) is 1.82. The van der Waals surface area contributed by atoms with E-state index in [2.05, 4.69) is 28.9 Å². The highest BCUT2D eigenvalue weighted by Crippen LogP contribution is 2.17. The van der Waals surface area contributed by atoms with Crippen LogP contribution in [-0.4, -0.2) is 26.3 Å². The van der Waals surface area contributed by atoms with Gasteiger partial charge in [-0.3, -0.25) is 0 Å². The lowest BCUT2D eigenvalue weighted by Crippen LogP contribution is -2.27. The predicted molar refractivity (Wildman–Crippen MR) is 77.7 cm³/mol. The molecule has 0 spiro atoms. The maximum atomic E-state index is 8.85. The fraction of sp³-hybridized carbons (Fsp3) is 0.500. The lowest BCUT2D eigenvalue weighted by Gasteiger charge is -2.21. The minimum absolute atomic E-state index is 0.388. The van der Waals surface area contributed by atoms with Crippen molar-refractivity contribution in [3.8, 4) is 6.07 Å². The third-order valence-electron chi connectivity index (χ3n) is 2.60. The zero-order chi connectivity index (χ0) is 13.2. The van der Waals surface area contributed by atoms with Crippen molar-refractivity contribution >= 4 is 21.6 Å². The molecule has 18 heavy (non-hydrogen) atoms. The van der Waals surface area contributed by atoms with E-state index in [0.717, 1.165) is 36.2 Å². The van der Waals surface area contributed by atoms with Gasteiger partial charge in [0.25, 0.3) is 0 Å². The van der Waals surface area contributed by atoms with Gasteiger partial charge < -0.3 is 9.64 Å². The topological polar surface area (TPSA) is 36.3 Å². The molecule has 0 heterocycles. The largest absolute Gasteiger partial charge is 0.380 e. The third-order valence-corrected chi connectivity index (χ3v) is 3.13. The van der Waals surface area contributed by atoms with E-state index >= 15 is 0 Å². The molecule has 0 aliphatic carbocycles. The predicted octanol–water partition coefficient (Wildman–Crippen LogP) is 3.60. The molecule has 3 nitrogen and oxygen atoms in total. The molecule has 0 atom stereocenters. The Morgan fingerprint density at radius 2 is 2.00 bits per heavy atom. The zero-order valence-corrected chi connectivity index (χ0v) is 12.3. The first-order chi connectivity index (χ1) is 8.77. The summed E-state index contributed by atoms with van der Waals surface area (Å²) in [6.45, 7) is 4.75. The highest BCUT2D eigenvalue weighted by molar-refractivity contribution is 9.10. The molecule has 0 saturated carbocycles. The van der Waals surface area contributed by atoms with Gasteiger partial charge in [-0.1, -0.05) is 29.3 Å². The Balaban J connectivity index is 2.44. The number of hydrogen-bond donors (Lipinski definition) is 0. The molecule has 1 aromatic rings. The number of anilines is 1. The second kappa shape index (κ2) is 8.96. The monoisotopic (exact) mass is 310 g/mol. The van der Waals surface area contributed by atoms with Crippen molar-refractivity contribution in [3.63, 3.8) is 0 Å². The third kappa shape index (κ3) is 5.52. The maximum Gasteiger partial charge on any atom is 0.105 e. The van der Waals surface area contributed by atoms with Crippen LogP contribution in [0.3, 0.4) is 0 Å². The van der Waals surface area contributed by atoms with Gasteiger partial charge in [0.15, 0.2) is 0 Å². The normalized spacial score (nSPS) is 10.1. The minimum atomic E-state index is 0.388. The molecular weight excluding hydrogens is 292 g/mol. The van der Waals surface area contributed by atoms with E-state index in [1.165, 1.54) is 0 Å². The van der Waals surface area contributed by atoms with Gasteiger partial charge in [0.1, 0.15) is 6.54 Å². The maximum absolute atomic E-state index is 8.85. The molecule has 0 fully saturated rings. The average Bonchev–Trinajstić information content (AvgIpc) is 2.38. The van der Waals surface area contributed by atoms with Crippen LogP contribution in [0, 0.1) is 11.3 Å². The van der Waals surface area contributed by atoms with Crippen LogP contribution in [0.15, 0.2) is 28.7 Å². The van der Waals surface area contributed by atoms with Gasteiger partial charge in [-0.15, -0.1) is 0 Å². The SMILES string of the molecule is CCCCOCCN(CC#N)c1ccc(Br)cc1. The Hall–Kier alpha value is -1.05. The number of hydrogen-bond acceptors (Lipinski definition) is 3. The highest BCUT2D eigenvalue weighted by atomic mass is 79.9. The molecule has 0 saturated heterocycles. The van der Waals surface area contributed by atoms with E-state index in [-0.39, 0.29) is 0 Å². The standard InChI is InChI=1S/C14H19BrN2O/c1-2-3-11-18-12-10-17(9-8-16)14-6-4-13(15)5-7-14/h4-7H,2-3,9-12H2,1H3. The van der Waals surface area contributed by atoms with Gasteiger partial charge in [0, 0.05) is 23.3 Å². The number of ether oxygens (including phenoxy) is 1. The van der Waals surface area contributed by atoms with Gasteiger partial charge in [0.2, 0.25) is 0 Å². The lowest BCUT2D eigenvalue weighted by atomic mass is 10.3. The van der Waals surface area contributed by atoms with Crippen LogP contribution < -0.4 is 4.90 Å². The quantitative estimate of drug-likeness (QED) is 0.544. The summed E-state index contributed by atoms with van der Waals surface area (Å²) in [5, 5.41) is 8.85. The summed E-state index contributed by atoms with van der Waals surface area (Å²) in [6, 6.07) is 10.2. The summed E-state index contributed by atoms with van der Waals surface area (Å²) >= 11 is 3.41. The molecule has 0 unspecified atom stereocenters. The molecule has 1 rings (SSSR count). The highest BCUT2D eigenvalue weighted by Gasteiger charge is 2.05. The van der Waals surface area contributed by atoms with E-state index in [1.54, 1.807) is 0 Å². The molecule has 1 aromatic carbocycles. The Bertz CT molecular complexity index is 372. The number of nitriles is 1. The Labute approximate surface area is 117 Å². The van der Waals surface area contributed by atoms with Crippen molar-refractivity contribution in [3.05, 3.63) is 28.7 Å². The molecular formula is C14H19BrN2O. The van der Waals surface area contributed by atoms with E-state index in [4.69, 9.17) is 10.00 Å². The van der Waals surface area contributed by atoms with Gasteiger partial charge in [0.05, 0.1) is 12.7 Å². The summed E-state index contributed by atoms with van der Waals surface area (Å²) in [6.07, 6.45) is 2.24. The molecule has 0 N–H and O–H groups in total. The van der Waals surface area contributed by atoms with Crippen molar-refractivity contribution in [1.29, 1.82) is 5.26 Å². The van der Waals surface area contributed by atoms with Crippen LogP contribution in [0.25, 0.3) is 0 Å². The first-order valence-electron chi connectivity index (χ1n) is 6.23. The molecule has 0 aliphatic heterocycles. The van der Waals surface area contributed by atoms with Crippen molar-refractivity contribution in [2.24, 2.45) is 0 Å². The number of halogens is 1. The van der Waals surface area contributed by atoms with Crippen molar-refractivity contribution in [2.75, 3.05) is 31.2 Å². The molecule has 4 heteroatoms. The van der Waals surface area contributed by atoms with Gasteiger partial charge >= 0.3 is 0 Å².